The van der Waals surface area contributed by atoms with E-state index in [9.17, 15) is 18.3 Å². The molecule has 0 atom stereocenters. The number of hydrogen-bond donors (Lipinski definition) is 1. The van der Waals surface area contributed by atoms with Crippen LogP contribution in [0.4, 0.5) is 11.4 Å². The third kappa shape index (κ3) is 3.35. The van der Waals surface area contributed by atoms with Gasteiger partial charge in [-0.2, -0.15) is 0 Å². The molecule has 1 N–H and O–H groups in total. The summed E-state index contributed by atoms with van der Waals surface area (Å²) in [5.41, 5.74) is 2.11. The Kier molecular flexibility index (Phi) is 4.84. The molecule has 0 unspecified atom stereocenters. The van der Waals surface area contributed by atoms with Crippen molar-refractivity contribution in [3.8, 4) is 11.5 Å². The Morgan fingerprint density at radius 2 is 1.75 bits per heavy atom. The first-order valence-corrected chi connectivity index (χ1v) is 8.97. The summed E-state index contributed by atoms with van der Waals surface area (Å²) in [6.45, 7) is 3.57. The molecule has 0 saturated heterocycles. The second kappa shape index (κ2) is 6.52. The van der Waals surface area contributed by atoms with Crippen LogP contribution >= 0.6 is 0 Å². The molecule has 0 aliphatic heterocycles. The van der Waals surface area contributed by atoms with Crippen molar-refractivity contribution in [3.05, 3.63) is 47.0 Å². The van der Waals surface area contributed by atoms with Crippen LogP contribution in [0, 0.1) is 13.8 Å². The molecule has 128 valence electrons. The molecule has 0 aliphatic carbocycles. The van der Waals surface area contributed by atoms with Crippen molar-refractivity contribution in [3.63, 3.8) is 0 Å². The number of phenolic OH excluding ortho intramolecular Hbond substituents is 1. The first kappa shape index (κ1) is 17.8. The molecule has 2 aromatic rings. The number of aromatic hydroxyl groups is 1. The summed E-state index contributed by atoms with van der Waals surface area (Å²) in [6.07, 6.45) is 1.58. The Hall–Kier alpha value is -2.54. The minimum atomic E-state index is -3.72. The predicted octanol–water partition coefficient (Wildman–Crippen LogP) is 2.93. The van der Waals surface area contributed by atoms with E-state index in [0.29, 0.717) is 23.3 Å². The summed E-state index contributed by atoms with van der Waals surface area (Å²) < 4.78 is 31.2. The van der Waals surface area contributed by atoms with Crippen LogP contribution in [-0.2, 0) is 10.0 Å². The van der Waals surface area contributed by atoms with Crippen LogP contribution in [0.3, 0.4) is 0 Å². The van der Waals surface area contributed by atoms with Crippen molar-refractivity contribution in [1.29, 1.82) is 0 Å². The molecular weight excluding hydrogens is 330 g/mol. The lowest BCUT2D eigenvalue weighted by atomic mass is 10.1. The first-order chi connectivity index (χ1) is 11.2. The van der Waals surface area contributed by atoms with E-state index in [1.807, 2.05) is 0 Å². The molecule has 0 saturated carbocycles. The molecule has 0 aromatic heterocycles. The maximum atomic E-state index is 12.4. The number of anilines is 2. The van der Waals surface area contributed by atoms with Gasteiger partial charge in [-0.15, -0.1) is 0 Å². The van der Waals surface area contributed by atoms with Crippen molar-refractivity contribution >= 4 is 27.7 Å². The number of carbonyl (C=O) groups excluding carboxylic acids is 1. The molecule has 0 fully saturated rings. The van der Waals surface area contributed by atoms with Gasteiger partial charge in [0.05, 0.1) is 24.7 Å². The van der Waals surface area contributed by atoms with E-state index < -0.39 is 10.0 Å². The average molecular weight is 349 g/mol. The van der Waals surface area contributed by atoms with Gasteiger partial charge in [0, 0.05) is 5.56 Å². The summed E-state index contributed by atoms with van der Waals surface area (Å²) in [7, 11) is -2.18. The number of sulfonamides is 1. The third-order valence-electron chi connectivity index (χ3n) is 3.62. The quantitative estimate of drug-likeness (QED) is 0.839. The second-order valence-electron chi connectivity index (χ2n) is 5.50. The number of aldehydes is 1. The number of nitrogens with zero attached hydrogens (tertiary/aromatic N) is 1. The lowest BCUT2D eigenvalue weighted by Gasteiger charge is -2.26. The minimum Gasteiger partial charge on any atom is -0.508 e. The van der Waals surface area contributed by atoms with E-state index in [4.69, 9.17) is 4.74 Å². The van der Waals surface area contributed by atoms with Gasteiger partial charge in [-0.1, -0.05) is 0 Å². The summed E-state index contributed by atoms with van der Waals surface area (Å²) in [5.74, 6) is 0.531. The highest BCUT2D eigenvalue weighted by Gasteiger charge is 2.25. The normalized spacial score (nSPS) is 11.2. The van der Waals surface area contributed by atoms with Gasteiger partial charge in [0.15, 0.2) is 6.29 Å². The van der Waals surface area contributed by atoms with Gasteiger partial charge in [-0.3, -0.25) is 4.79 Å². The largest absolute Gasteiger partial charge is 0.508 e. The number of carbonyl (C=O) groups is 1. The monoisotopic (exact) mass is 349 g/mol. The number of aryl methyl sites for hydroxylation is 2. The fourth-order valence-electron chi connectivity index (χ4n) is 2.52. The molecule has 0 amide bonds. The molecule has 7 heteroatoms. The van der Waals surface area contributed by atoms with Crippen LogP contribution < -0.4 is 9.04 Å². The van der Waals surface area contributed by atoms with Crippen LogP contribution in [-0.4, -0.2) is 33.2 Å². The fraction of sp³-hybridized carbons (Fsp3) is 0.235. The summed E-state index contributed by atoms with van der Waals surface area (Å²) in [5, 5.41) is 9.55. The van der Waals surface area contributed by atoms with Gasteiger partial charge < -0.3 is 9.84 Å². The summed E-state index contributed by atoms with van der Waals surface area (Å²) in [6, 6.07) is 7.40. The molecule has 0 spiro atoms. The van der Waals surface area contributed by atoms with Crippen molar-refractivity contribution in [2.24, 2.45) is 0 Å². The smallest absolute Gasteiger partial charge is 0.236 e. The van der Waals surface area contributed by atoms with Crippen molar-refractivity contribution in [2.75, 3.05) is 17.7 Å². The first-order valence-electron chi connectivity index (χ1n) is 7.12. The number of rotatable bonds is 5. The Bertz CT molecular complexity index is 890. The number of methoxy groups -OCH3 is 1. The fourth-order valence-corrected chi connectivity index (χ4v) is 3.60. The predicted molar refractivity (Wildman–Crippen MR) is 92.9 cm³/mol. The van der Waals surface area contributed by atoms with Crippen LogP contribution in [0.5, 0.6) is 11.5 Å². The molecule has 0 radical (unpaired) electrons. The van der Waals surface area contributed by atoms with E-state index >= 15 is 0 Å². The van der Waals surface area contributed by atoms with Gasteiger partial charge in [-0.05, 0) is 55.3 Å². The maximum absolute atomic E-state index is 12.4. The summed E-state index contributed by atoms with van der Waals surface area (Å²) in [4.78, 5) is 11.3. The van der Waals surface area contributed by atoms with Crippen molar-refractivity contribution in [1.82, 2.24) is 0 Å². The Balaban J connectivity index is 2.78. The topological polar surface area (TPSA) is 83.9 Å². The average Bonchev–Trinajstić information content (AvgIpc) is 2.50. The van der Waals surface area contributed by atoms with Crippen molar-refractivity contribution in [2.45, 2.75) is 13.8 Å². The molecule has 2 aromatic carbocycles. The van der Waals surface area contributed by atoms with E-state index in [1.165, 1.54) is 18.2 Å². The SMILES string of the molecule is COc1cc(C)c(N(c2ccc(O)cc2C=O)S(C)(=O)=O)cc1C. The molecule has 6 nitrogen and oxygen atoms in total. The maximum Gasteiger partial charge on any atom is 0.236 e. The molecule has 24 heavy (non-hydrogen) atoms. The van der Waals surface area contributed by atoms with Gasteiger partial charge in [0.2, 0.25) is 10.0 Å². The lowest BCUT2D eigenvalue weighted by Crippen LogP contribution is -2.26. The number of benzene rings is 2. The molecule has 2 rings (SSSR count). The summed E-state index contributed by atoms with van der Waals surface area (Å²) >= 11 is 0. The van der Waals surface area contributed by atoms with Crippen LogP contribution in [0.2, 0.25) is 0 Å². The van der Waals surface area contributed by atoms with E-state index in [2.05, 4.69) is 0 Å². The number of hydrogen-bond acceptors (Lipinski definition) is 5. The van der Waals surface area contributed by atoms with Gasteiger partial charge >= 0.3 is 0 Å². The Morgan fingerprint density at radius 3 is 2.29 bits per heavy atom. The van der Waals surface area contributed by atoms with Crippen molar-refractivity contribution < 1.29 is 23.1 Å². The van der Waals surface area contributed by atoms with Crippen LogP contribution in [0.1, 0.15) is 21.5 Å². The molecule has 0 bridgehead atoms. The Morgan fingerprint density at radius 1 is 1.08 bits per heavy atom. The van der Waals surface area contributed by atoms with E-state index in [-0.39, 0.29) is 17.0 Å². The highest BCUT2D eigenvalue weighted by molar-refractivity contribution is 7.92. The van der Waals surface area contributed by atoms with E-state index in [1.54, 1.807) is 33.1 Å². The van der Waals surface area contributed by atoms with Crippen LogP contribution in [0.25, 0.3) is 0 Å². The van der Waals surface area contributed by atoms with Gasteiger partial charge in [0.25, 0.3) is 0 Å². The minimum absolute atomic E-state index is 0.0771. The van der Waals surface area contributed by atoms with Gasteiger partial charge in [0.1, 0.15) is 11.5 Å². The van der Waals surface area contributed by atoms with Crippen LogP contribution in [0.15, 0.2) is 30.3 Å². The molecular formula is C17H19NO5S. The highest BCUT2D eigenvalue weighted by atomic mass is 32.2. The zero-order valence-electron chi connectivity index (χ0n) is 13.9. The third-order valence-corrected chi connectivity index (χ3v) is 4.68. The standard InChI is InChI=1S/C17H19NO5S/c1-11-8-17(23-3)12(2)7-16(11)18(24(4,21)22)15-6-5-14(20)9-13(15)10-19/h5-10,20H,1-4H3. The number of ether oxygens (including phenoxy) is 1. The highest BCUT2D eigenvalue weighted by Crippen LogP contribution is 2.37. The molecule has 0 heterocycles. The van der Waals surface area contributed by atoms with Gasteiger partial charge in [-0.25, -0.2) is 12.7 Å². The number of phenols is 1. The second-order valence-corrected chi connectivity index (χ2v) is 7.33. The van der Waals surface area contributed by atoms with E-state index in [0.717, 1.165) is 16.1 Å². The Labute approximate surface area is 141 Å². The zero-order chi connectivity index (χ0) is 18.1. The zero-order valence-corrected chi connectivity index (χ0v) is 14.7. The molecule has 0 aliphatic rings. The lowest BCUT2D eigenvalue weighted by molar-refractivity contribution is 0.112.